The third kappa shape index (κ3) is 1.42. The maximum atomic E-state index is 10.00. The highest BCUT2D eigenvalue weighted by atomic mass is 16.6. The monoisotopic (exact) mass is 182 g/mol. The van der Waals surface area contributed by atoms with Crippen LogP contribution in [0.4, 0.5) is 0 Å². The van der Waals surface area contributed by atoms with Gasteiger partial charge in [0.2, 0.25) is 0 Å². The Hall–Kier alpha value is -0.340. The average Bonchev–Trinajstić information content (AvgIpc) is 2.77. The normalized spacial score (nSPS) is 47.6. The smallest absolute Gasteiger partial charge is 0.118 e. The maximum absolute atomic E-state index is 10.00. The van der Waals surface area contributed by atoms with Crippen LogP contribution in [0.5, 0.6) is 0 Å². The van der Waals surface area contributed by atoms with Crippen molar-refractivity contribution in [1.29, 1.82) is 0 Å². The average molecular weight is 182 g/mol. The molecule has 2 nitrogen and oxygen atoms in total. The van der Waals surface area contributed by atoms with Crippen molar-refractivity contribution >= 4 is 0 Å². The molecular weight excluding hydrogens is 164 g/mol. The Kier molecular flexibility index (Phi) is 1.83. The Morgan fingerprint density at radius 3 is 2.62 bits per heavy atom. The maximum Gasteiger partial charge on any atom is 0.118 e. The van der Waals surface area contributed by atoms with E-state index in [4.69, 9.17) is 4.74 Å². The molecule has 0 amide bonds. The van der Waals surface area contributed by atoms with Crippen molar-refractivity contribution in [2.75, 3.05) is 6.61 Å². The molecule has 0 bridgehead atoms. The van der Waals surface area contributed by atoms with Crippen molar-refractivity contribution in [3.63, 3.8) is 0 Å². The van der Waals surface area contributed by atoms with Gasteiger partial charge in [0.1, 0.15) is 5.60 Å². The van der Waals surface area contributed by atoms with Gasteiger partial charge >= 0.3 is 0 Å². The van der Waals surface area contributed by atoms with Crippen molar-refractivity contribution < 1.29 is 9.84 Å². The van der Waals surface area contributed by atoms with Crippen LogP contribution in [0.2, 0.25) is 0 Å². The predicted molar refractivity (Wildman–Crippen MR) is 51.4 cm³/mol. The number of rotatable bonds is 1. The fourth-order valence-electron chi connectivity index (χ4n) is 2.70. The molecule has 1 N–H and O–H groups in total. The van der Waals surface area contributed by atoms with Crippen LogP contribution in [0.1, 0.15) is 26.7 Å². The summed E-state index contributed by atoms with van der Waals surface area (Å²) in [5.74, 6) is 0.200. The largest absolute Gasteiger partial charge is 0.389 e. The lowest BCUT2D eigenvalue weighted by Gasteiger charge is -2.41. The van der Waals surface area contributed by atoms with Crippen LogP contribution < -0.4 is 0 Å². The number of hydrogen-bond donors (Lipinski definition) is 1. The third-order valence-corrected chi connectivity index (χ3v) is 3.33. The van der Waals surface area contributed by atoms with Crippen LogP contribution in [-0.4, -0.2) is 23.4 Å². The van der Waals surface area contributed by atoms with E-state index in [2.05, 4.69) is 20.4 Å². The van der Waals surface area contributed by atoms with E-state index >= 15 is 0 Å². The van der Waals surface area contributed by atoms with E-state index < -0.39 is 0 Å². The minimum absolute atomic E-state index is 0.200. The number of hydrogen-bond acceptors (Lipinski definition) is 2. The lowest BCUT2D eigenvalue weighted by atomic mass is 9.66. The summed E-state index contributed by atoms with van der Waals surface area (Å²) in [5, 5.41) is 10.00. The van der Waals surface area contributed by atoms with Crippen molar-refractivity contribution in [1.82, 2.24) is 0 Å². The Labute approximate surface area is 79.6 Å². The van der Waals surface area contributed by atoms with Gasteiger partial charge in [0.15, 0.2) is 0 Å². The molecule has 2 rings (SSSR count). The fourth-order valence-corrected chi connectivity index (χ4v) is 2.70. The highest BCUT2D eigenvalue weighted by Gasteiger charge is 2.59. The minimum atomic E-state index is -0.335. The SMILES string of the molecule is C=C[C@H]1CC(C)(C)C[C@@]2(CO2)[C@@H]1O. The first kappa shape index (κ1) is 9.22. The van der Waals surface area contributed by atoms with E-state index in [9.17, 15) is 5.11 Å². The van der Waals surface area contributed by atoms with Crippen molar-refractivity contribution in [3.05, 3.63) is 12.7 Å². The first-order valence-corrected chi connectivity index (χ1v) is 4.94. The third-order valence-electron chi connectivity index (χ3n) is 3.33. The Morgan fingerprint density at radius 2 is 2.15 bits per heavy atom. The van der Waals surface area contributed by atoms with Gasteiger partial charge in [-0.1, -0.05) is 19.9 Å². The highest BCUT2D eigenvalue weighted by molar-refractivity contribution is 5.11. The zero-order valence-electron chi connectivity index (χ0n) is 8.42. The summed E-state index contributed by atoms with van der Waals surface area (Å²) in [4.78, 5) is 0. The molecule has 0 aromatic rings. The quantitative estimate of drug-likeness (QED) is 0.495. The number of ether oxygens (including phenoxy) is 1. The lowest BCUT2D eigenvalue weighted by molar-refractivity contribution is -0.0304. The molecule has 1 aliphatic carbocycles. The van der Waals surface area contributed by atoms with Crippen LogP contribution in [-0.2, 0) is 4.74 Å². The molecule has 1 aliphatic heterocycles. The molecule has 13 heavy (non-hydrogen) atoms. The van der Waals surface area contributed by atoms with Crippen LogP contribution in [0.15, 0.2) is 12.7 Å². The summed E-state index contributed by atoms with van der Waals surface area (Å²) in [6.07, 6.45) is 3.53. The second-order valence-electron chi connectivity index (χ2n) is 5.24. The Balaban J connectivity index is 2.20. The molecule has 1 spiro atoms. The molecule has 3 atom stereocenters. The van der Waals surface area contributed by atoms with Gasteiger partial charge < -0.3 is 9.84 Å². The summed E-state index contributed by atoms with van der Waals surface area (Å²) in [7, 11) is 0. The van der Waals surface area contributed by atoms with Gasteiger partial charge in [0, 0.05) is 5.92 Å². The molecule has 1 saturated carbocycles. The second kappa shape index (κ2) is 2.58. The molecule has 2 aliphatic rings. The van der Waals surface area contributed by atoms with Crippen LogP contribution in [0, 0.1) is 11.3 Å². The fraction of sp³-hybridized carbons (Fsp3) is 0.818. The molecule has 1 saturated heterocycles. The van der Waals surface area contributed by atoms with E-state index in [1.54, 1.807) is 0 Å². The van der Waals surface area contributed by atoms with Crippen LogP contribution in [0.3, 0.4) is 0 Å². The van der Waals surface area contributed by atoms with Crippen LogP contribution in [0.25, 0.3) is 0 Å². The van der Waals surface area contributed by atoms with Gasteiger partial charge in [-0.2, -0.15) is 0 Å². The van der Waals surface area contributed by atoms with Crippen molar-refractivity contribution in [3.8, 4) is 0 Å². The molecular formula is C11H18O2. The molecule has 74 valence electrons. The van der Waals surface area contributed by atoms with Gasteiger partial charge in [-0.05, 0) is 18.3 Å². The molecule has 1 heterocycles. The number of epoxide rings is 1. The van der Waals surface area contributed by atoms with E-state index in [-0.39, 0.29) is 23.0 Å². The predicted octanol–water partition coefficient (Wildman–Crippen LogP) is 1.74. The molecule has 0 aromatic carbocycles. The first-order chi connectivity index (χ1) is 5.99. The highest BCUT2D eigenvalue weighted by Crippen LogP contribution is 2.51. The van der Waals surface area contributed by atoms with E-state index in [1.165, 1.54) is 0 Å². The second-order valence-corrected chi connectivity index (χ2v) is 5.24. The van der Waals surface area contributed by atoms with Gasteiger partial charge in [-0.15, -0.1) is 6.58 Å². The van der Waals surface area contributed by atoms with Crippen molar-refractivity contribution in [2.24, 2.45) is 11.3 Å². The van der Waals surface area contributed by atoms with Crippen LogP contribution >= 0.6 is 0 Å². The van der Waals surface area contributed by atoms with Gasteiger partial charge in [-0.25, -0.2) is 0 Å². The summed E-state index contributed by atoms with van der Waals surface area (Å²) in [5.41, 5.74) is 0.0508. The summed E-state index contributed by atoms with van der Waals surface area (Å²) in [6.45, 7) is 8.97. The molecule has 0 radical (unpaired) electrons. The van der Waals surface area contributed by atoms with E-state index in [1.807, 2.05) is 6.08 Å². The van der Waals surface area contributed by atoms with Gasteiger partial charge in [0.25, 0.3) is 0 Å². The number of aliphatic hydroxyl groups excluding tert-OH is 1. The molecule has 0 unspecified atom stereocenters. The Morgan fingerprint density at radius 1 is 1.54 bits per heavy atom. The van der Waals surface area contributed by atoms with Gasteiger partial charge in [0.05, 0.1) is 12.7 Å². The summed E-state index contributed by atoms with van der Waals surface area (Å²) < 4.78 is 5.42. The van der Waals surface area contributed by atoms with Gasteiger partial charge in [-0.3, -0.25) is 0 Å². The molecule has 0 aromatic heterocycles. The molecule has 2 fully saturated rings. The Bertz CT molecular complexity index is 228. The molecule has 2 heteroatoms. The number of aliphatic hydroxyl groups is 1. The van der Waals surface area contributed by atoms with E-state index in [0.717, 1.165) is 19.4 Å². The zero-order chi connectivity index (χ0) is 9.69. The minimum Gasteiger partial charge on any atom is -0.389 e. The topological polar surface area (TPSA) is 32.8 Å². The standard InChI is InChI=1S/C11H18O2/c1-4-8-5-10(2,3)6-11(7-13-11)9(8)12/h4,8-9,12H,1,5-7H2,2-3H3/t8-,9+,11+/m0/s1. The summed E-state index contributed by atoms with van der Waals surface area (Å²) >= 11 is 0. The lowest BCUT2D eigenvalue weighted by Crippen LogP contribution is -2.46. The first-order valence-electron chi connectivity index (χ1n) is 4.94. The summed E-state index contributed by atoms with van der Waals surface area (Å²) in [6, 6.07) is 0. The zero-order valence-corrected chi connectivity index (χ0v) is 8.42. The van der Waals surface area contributed by atoms with Crippen molar-refractivity contribution in [2.45, 2.75) is 38.4 Å². The van der Waals surface area contributed by atoms with E-state index in [0.29, 0.717) is 0 Å².